The van der Waals surface area contributed by atoms with Gasteiger partial charge in [0.1, 0.15) is 0 Å². The van der Waals surface area contributed by atoms with Gasteiger partial charge in [0.2, 0.25) is 0 Å². The van der Waals surface area contributed by atoms with Gasteiger partial charge in [-0.3, -0.25) is 0 Å². The number of nitriles is 1. The Morgan fingerprint density at radius 2 is 2.06 bits per heavy atom. The normalized spacial score (nSPS) is 13.6. The molecule has 0 unspecified atom stereocenters. The highest BCUT2D eigenvalue weighted by atomic mass is 16.5. The summed E-state index contributed by atoms with van der Waals surface area (Å²) in [6.45, 7) is 2.13. The van der Waals surface area contributed by atoms with Gasteiger partial charge in [-0.05, 0) is 24.1 Å². The Hall–Kier alpha value is -1.89. The van der Waals surface area contributed by atoms with E-state index in [1.807, 2.05) is 18.2 Å². The van der Waals surface area contributed by atoms with Gasteiger partial charge < -0.3 is 14.4 Å². The number of nitrogens with zero attached hydrogens (tertiary/aromatic N) is 2. The van der Waals surface area contributed by atoms with Gasteiger partial charge in [0.25, 0.3) is 0 Å². The minimum atomic E-state index is 0.703. The molecule has 4 nitrogen and oxygen atoms in total. The minimum absolute atomic E-state index is 0.703. The van der Waals surface area contributed by atoms with Crippen molar-refractivity contribution in [3.05, 3.63) is 23.8 Å². The highest BCUT2D eigenvalue weighted by Crippen LogP contribution is 2.30. The molecule has 1 aromatic carbocycles. The number of benzene rings is 1. The van der Waals surface area contributed by atoms with Crippen molar-refractivity contribution in [2.45, 2.75) is 12.8 Å². The van der Waals surface area contributed by atoms with Crippen LogP contribution in [0.5, 0.6) is 11.5 Å². The number of ether oxygens (including phenoxy) is 2. The van der Waals surface area contributed by atoms with Gasteiger partial charge in [0.15, 0.2) is 17.7 Å². The molecule has 1 aliphatic heterocycles. The highest BCUT2D eigenvalue weighted by Gasteiger charge is 2.10. The van der Waals surface area contributed by atoms with Crippen molar-refractivity contribution in [2.24, 2.45) is 0 Å². The van der Waals surface area contributed by atoms with Gasteiger partial charge in [-0.15, -0.1) is 0 Å². The Labute approximate surface area is 101 Å². The smallest absolute Gasteiger partial charge is 0.179 e. The van der Waals surface area contributed by atoms with E-state index in [1.54, 1.807) is 11.9 Å². The van der Waals surface area contributed by atoms with E-state index in [1.165, 1.54) is 0 Å². The number of fused-ring (bicyclic) bond motifs is 1. The molecule has 0 aliphatic carbocycles. The van der Waals surface area contributed by atoms with Gasteiger partial charge in [0.05, 0.1) is 13.2 Å². The van der Waals surface area contributed by atoms with Crippen molar-refractivity contribution < 1.29 is 9.47 Å². The van der Waals surface area contributed by atoms with Gasteiger partial charge in [-0.2, -0.15) is 5.26 Å². The summed E-state index contributed by atoms with van der Waals surface area (Å²) in [6, 6.07) is 5.98. The first-order valence-corrected chi connectivity index (χ1v) is 5.79. The van der Waals surface area contributed by atoms with E-state index < -0.39 is 0 Å². The van der Waals surface area contributed by atoms with Crippen LogP contribution >= 0.6 is 0 Å². The number of likely N-dealkylation sites (N-methyl/N-ethyl adjacent to an activating group) is 1. The van der Waals surface area contributed by atoms with Gasteiger partial charge in [-0.1, -0.05) is 6.07 Å². The van der Waals surface area contributed by atoms with E-state index in [-0.39, 0.29) is 0 Å². The Morgan fingerprint density at radius 1 is 1.29 bits per heavy atom. The maximum absolute atomic E-state index is 8.67. The molecule has 90 valence electrons. The molecule has 1 aliphatic rings. The van der Waals surface area contributed by atoms with Crippen LogP contribution in [-0.2, 0) is 6.42 Å². The molecule has 0 atom stereocenters. The molecular weight excluding hydrogens is 216 g/mol. The zero-order chi connectivity index (χ0) is 12.1. The first kappa shape index (κ1) is 11.6. The monoisotopic (exact) mass is 232 g/mol. The third-order valence-corrected chi connectivity index (χ3v) is 2.72. The Kier molecular flexibility index (Phi) is 3.71. The fraction of sp³-hybridized carbons (Fsp3) is 0.462. The molecule has 17 heavy (non-hydrogen) atoms. The highest BCUT2D eigenvalue weighted by molar-refractivity contribution is 5.43. The van der Waals surface area contributed by atoms with Gasteiger partial charge >= 0.3 is 0 Å². The third-order valence-electron chi connectivity index (χ3n) is 2.72. The van der Waals surface area contributed by atoms with E-state index in [2.05, 4.69) is 6.19 Å². The van der Waals surface area contributed by atoms with E-state index in [0.717, 1.165) is 36.4 Å². The fourth-order valence-electron chi connectivity index (χ4n) is 1.71. The van der Waals surface area contributed by atoms with Gasteiger partial charge in [-0.25, -0.2) is 0 Å². The van der Waals surface area contributed by atoms with E-state index in [9.17, 15) is 0 Å². The predicted molar refractivity (Wildman–Crippen MR) is 64.0 cm³/mol. The standard InChI is InChI=1S/C13H16N2O2/c1-15(10-14)6-5-11-3-4-12-13(9-11)17-8-2-7-16-12/h3-4,9H,2,5-8H2,1H3. The zero-order valence-corrected chi connectivity index (χ0v) is 9.98. The summed E-state index contributed by atoms with van der Waals surface area (Å²) in [5, 5.41) is 8.67. The van der Waals surface area contributed by atoms with Crippen LogP contribution in [0.25, 0.3) is 0 Å². The first-order chi connectivity index (χ1) is 8.29. The van der Waals surface area contributed by atoms with E-state index >= 15 is 0 Å². The minimum Gasteiger partial charge on any atom is -0.490 e. The summed E-state index contributed by atoms with van der Waals surface area (Å²) in [4.78, 5) is 1.61. The lowest BCUT2D eigenvalue weighted by Crippen LogP contribution is -2.14. The Balaban J connectivity index is 2.05. The molecule has 1 heterocycles. The largest absolute Gasteiger partial charge is 0.490 e. The topological polar surface area (TPSA) is 45.5 Å². The predicted octanol–water partition coefficient (Wildman–Crippen LogP) is 1.80. The third kappa shape index (κ3) is 3.04. The first-order valence-electron chi connectivity index (χ1n) is 5.79. The number of hydrogen-bond acceptors (Lipinski definition) is 4. The average Bonchev–Trinajstić information content (AvgIpc) is 2.60. The summed E-state index contributed by atoms with van der Waals surface area (Å²) in [7, 11) is 1.78. The van der Waals surface area contributed by atoms with E-state index in [4.69, 9.17) is 14.7 Å². The summed E-state index contributed by atoms with van der Waals surface area (Å²) in [5.41, 5.74) is 1.16. The lowest BCUT2D eigenvalue weighted by atomic mass is 10.1. The second-order valence-electron chi connectivity index (χ2n) is 4.10. The fourth-order valence-corrected chi connectivity index (χ4v) is 1.71. The molecule has 0 radical (unpaired) electrons. The molecule has 2 rings (SSSR count). The van der Waals surface area contributed by atoms with Crippen LogP contribution in [0.15, 0.2) is 18.2 Å². The second-order valence-corrected chi connectivity index (χ2v) is 4.10. The number of rotatable bonds is 3. The van der Waals surface area contributed by atoms with Crippen LogP contribution in [0.1, 0.15) is 12.0 Å². The lowest BCUT2D eigenvalue weighted by molar-refractivity contribution is 0.297. The molecule has 0 amide bonds. The SMILES string of the molecule is CN(C#N)CCc1ccc2c(c1)OCCCO2. The van der Waals surface area contributed by atoms with Crippen LogP contribution in [0, 0.1) is 11.5 Å². The summed E-state index contributed by atoms with van der Waals surface area (Å²) >= 11 is 0. The van der Waals surface area contributed by atoms with Crippen molar-refractivity contribution >= 4 is 0 Å². The zero-order valence-electron chi connectivity index (χ0n) is 9.98. The Morgan fingerprint density at radius 3 is 2.82 bits per heavy atom. The molecule has 0 N–H and O–H groups in total. The van der Waals surface area contributed by atoms with E-state index in [0.29, 0.717) is 13.2 Å². The van der Waals surface area contributed by atoms with Crippen molar-refractivity contribution in [1.82, 2.24) is 4.90 Å². The molecule has 1 aromatic rings. The van der Waals surface area contributed by atoms with Crippen molar-refractivity contribution in [3.63, 3.8) is 0 Å². The van der Waals surface area contributed by atoms with Crippen LogP contribution in [-0.4, -0.2) is 31.7 Å². The summed E-state index contributed by atoms with van der Waals surface area (Å²) in [5.74, 6) is 1.64. The van der Waals surface area contributed by atoms with Crippen LogP contribution in [0.2, 0.25) is 0 Å². The molecular formula is C13H16N2O2. The molecule has 0 spiro atoms. The Bertz CT molecular complexity index is 426. The number of hydrogen-bond donors (Lipinski definition) is 0. The lowest BCUT2D eigenvalue weighted by Gasteiger charge is -2.11. The molecule has 0 aromatic heterocycles. The van der Waals surface area contributed by atoms with Crippen LogP contribution < -0.4 is 9.47 Å². The molecule has 0 bridgehead atoms. The van der Waals surface area contributed by atoms with Crippen LogP contribution in [0.3, 0.4) is 0 Å². The maximum Gasteiger partial charge on any atom is 0.179 e. The van der Waals surface area contributed by atoms with Crippen LogP contribution in [0.4, 0.5) is 0 Å². The van der Waals surface area contributed by atoms with Crippen molar-refractivity contribution in [1.29, 1.82) is 5.26 Å². The average molecular weight is 232 g/mol. The van der Waals surface area contributed by atoms with Crippen molar-refractivity contribution in [2.75, 3.05) is 26.8 Å². The maximum atomic E-state index is 8.67. The molecule has 4 heteroatoms. The summed E-state index contributed by atoms with van der Waals surface area (Å²) < 4.78 is 11.2. The summed E-state index contributed by atoms with van der Waals surface area (Å²) in [6.07, 6.45) is 3.84. The molecule has 0 saturated carbocycles. The second kappa shape index (κ2) is 5.44. The molecule has 0 fully saturated rings. The molecule has 0 saturated heterocycles. The quantitative estimate of drug-likeness (QED) is 0.589. The van der Waals surface area contributed by atoms with Crippen molar-refractivity contribution in [3.8, 4) is 17.7 Å². The van der Waals surface area contributed by atoms with Gasteiger partial charge in [0, 0.05) is 20.0 Å².